The van der Waals surface area contributed by atoms with Crippen LogP contribution in [-0.4, -0.2) is 18.2 Å². The molecule has 1 rings (SSSR count). The lowest BCUT2D eigenvalue weighted by Crippen LogP contribution is -2.32. The van der Waals surface area contributed by atoms with E-state index in [0.717, 1.165) is 12.8 Å². The molecule has 0 N–H and O–H groups in total. The zero-order valence-electron chi connectivity index (χ0n) is 12.6. The van der Waals surface area contributed by atoms with E-state index in [1.54, 1.807) is 27.7 Å². The summed E-state index contributed by atoms with van der Waals surface area (Å²) >= 11 is 0. The van der Waals surface area contributed by atoms with Crippen LogP contribution in [0.25, 0.3) is 0 Å². The molecule has 1 unspecified atom stereocenters. The van der Waals surface area contributed by atoms with Gasteiger partial charge in [0.15, 0.2) is 0 Å². The van der Waals surface area contributed by atoms with Gasteiger partial charge in [-0.15, -0.1) is 0 Å². The molecular weight excluding hydrogens is 258 g/mol. The minimum atomic E-state index is -0.872. The molecule has 0 radical (unpaired) electrons. The van der Waals surface area contributed by atoms with Gasteiger partial charge in [0.2, 0.25) is 6.29 Å². The average molecular weight is 281 g/mol. The molecule has 1 saturated carbocycles. The van der Waals surface area contributed by atoms with Crippen LogP contribution in [0.4, 0.5) is 0 Å². The largest absolute Gasteiger partial charge is 0.425 e. The summed E-state index contributed by atoms with van der Waals surface area (Å²) in [5.41, 5.74) is -0.620. The maximum atomic E-state index is 11.9. The third-order valence-electron chi connectivity index (χ3n) is 3.41. The third kappa shape index (κ3) is 4.84. The van der Waals surface area contributed by atoms with Crippen LogP contribution in [0, 0.1) is 28.6 Å². The summed E-state index contributed by atoms with van der Waals surface area (Å²) in [6.45, 7) is 6.77. The smallest absolute Gasteiger partial charge is 0.314 e. The van der Waals surface area contributed by atoms with Crippen molar-refractivity contribution in [2.45, 2.75) is 59.7 Å². The molecule has 0 spiro atoms. The molecule has 0 amide bonds. The first kappa shape index (κ1) is 16.5. The van der Waals surface area contributed by atoms with Crippen molar-refractivity contribution in [3.63, 3.8) is 0 Å². The molecule has 0 aromatic heterocycles. The van der Waals surface area contributed by atoms with E-state index >= 15 is 0 Å². The molecule has 0 aliphatic heterocycles. The van der Waals surface area contributed by atoms with Gasteiger partial charge < -0.3 is 9.47 Å². The van der Waals surface area contributed by atoms with Crippen molar-refractivity contribution in [2.75, 3.05) is 0 Å². The third-order valence-corrected chi connectivity index (χ3v) is 3.41. The van der Waals surface area contributed by atoms with Crippen molar-refractivity contribution in [1.29, 1.82) is 5.26 Å². The van der Waals surface area contributed by atoms with Gasteiger partial charge in [-0.2, -0.15) is 5.26 Å². The van der Waals surface area contributed by atoms with Crippen LogP contribution in [0.5, 0.6) is 0 Å². The first-order chi connectivity index (χ1) is 9.24. The first-order valence-electron chi connectivity index (χ1n) is 7.05. The molecule has 1 atom stereocenters. The van der Waals surface area contributed by atoms with Gasteiger partial charge in [0, 0.05) is 12.8 Å². The summed E-state index contributed by atoms with van der Waals surface area (Å²) in [7, 11) is 0. The van der Waals surface area contributed by atoms with Gasteiger partial charge >= 0.3 is 11.9 Å². The van der Waals surface area contributed by atoms with E-state index < -0.39 is 17.7 Å². The molecule has 0 saturated heterocycles. The van der Waals surface area contributed by atoms with Crippen LogP contribution < -0.4 is 0 Å². The second-order valence-corrected chi connectivity index (χ2v) is 6.34. The fourth-order valence-corrected chi connectivity index (χ4v) is 2.07. The highest BCUT2D eigenvalue weighted by Gasteiger charge is 2.30. The molecule has 112 valence electrons. The Morgan fingerprint density at radius 1 is 1.15 bits per heavy atom. The number of rotatable bonds is 3. The molecule has 5 heteroatoms. The highest BCUT2D eigenvalue weighted by atomic mass is 16.7. The van der Waals surface area contributed by atoms with Gasteiger partial charge in [0.25, 0.3) is 0 Å². The summed E-state index contributed by atoms with van der Waals surface area (Å²) in [6, 6.07) is 2.23. The Kier molecular flexibility index (Phi) is 5.55. The van der Waals surface area contributed by atoms with Crippen LogP contribution in [0.15, 0.2) is 0 Å². The van der Waals surface area contributed by atoms with Crippen molar-refractivity contribution in [3.05, 3.63) is 0 Å². The van der Waals surface area contributed by atoms with Crippen molar-refractivity contribution >= 4 is 11.9 Å². The second kappa shape index (κ2) is 6.74. The Hall–Kier alpha value is -1.57. The van der Waals surface area contributed by atoms with Crippen LogP contribution in [-0.2, 0) is 19.1 Å². The Labute approximate surface area is 120 Å². The monoisotopic (exact) mass is 281 g/mol. The first-order valence-corrected chi connectivity index (χ1v) is 7.05. The molecule has 5 nitrogen and oxygen atoms in total. The van der Waals surface area contributed by atoms with E-state index in [4.69, 9.17) is 14.7 Å². The Bertz CT molecular complexity index is 397. The van der Waals surface area contributed by atoms with E-state index in [2.05, 4.69) is 6.07 Å². The van der Waals surface area contributed by atoms with E-state index in [1.165, 1.54) is 0 Å². The van der Waals surface area contributed by atoms with E-state index in [1.807, 2.05) is 0 Å². The predicted octanol–water partition coefficient (Wildman–Crippen LogP) is 2.79. The molecule has 0 aromatic rings. The van der Waals surface area contributed by atoms with Gasteiger partial charge in [0.1, 0.15) is 0 Å². The highest BCUT2D eigenvalue weighted by molar-refractivity contribution is 5.76. The van der Waals surface area contributed by atoms with Gasteiger partial charge in [-0.3, -0.25) is 9.59 Å². The number of carbonyl (C=O) groups is 2. The Balaban J connectivity index is 2.39. The van der Waals surface area contributed by atoms with Gasteiger partial charge in [-0.05, 0) is 46.5 Å². The molecule has 0 bridgehead atoms. The highest BCUT2D eigenvalue weighted by Crippen LogP contribution is 2.29. The van der Waals surface area contributed by atoms with Crippen molar-refractivity contribution in [3.8, 4) is 6.07 Å². The molecule has 0 aromatic carbocycles. The van der Waals surface area contributed by atoms with Crippen LogP contribution in [0.3, 0.4) is 0 Å². The standard InChI is InChI=1S/C15H23NO4/c1-10(20-14(18)15(2,3)4)19-13(17)12-7-5-11(9-16)6-8-12/h10-12H,5-8H2,1-4H3. The molecule has 1 fully saturated rings. The Morgan fingerprint density at radius 3 is 2.15 bits per heavy atom. The summed E-state index contributed by atoms with van der Waals surface area (Å²) in [5, 5.41) is 8.81. The van der Waals surface area contributed by atoms with Crippen molar-refractivity contribution < 1.29 is 19.1 Å². The fourth-order valence-electron chi connectivity index (χ4n) is 2.07. The van der Waals surface area contributed by atoms with Crippen molar-refractivity contribution in [1.82, 2.24) is 0 Å². The normalized spacial score (nSPS) is 24.4. The fraction of sp³-hybridized carbons (Fsp3) is 0.800. The lowest BCUT2D eigenvalue weighted by molar-refractivity contribution is -0.193. The van der Waals surface area contributed by atoms with Gasteiger partial charge in [-0.25, -0.2) is 0 Å². The topological polar surface area (TPSA) is 76.4 Å². The van der Waals surface area contributed by atoms with Gasteiger partial charge in [0.05, 0.1) is 17.4 Å². The van der Waals surface area contributed by atoms with Crippen molar-refractivity contribution in [2.24, 2.45) is 17.3 Å². The SMILES string of the molecule is CC(OC(=O)C1CCC(C#N)CC1)OC(=O)C(C)(C)C. The van der Waals surface area contributed by atoms with E-state index in [-0.39, 0.29) is 17.8 Å². The average Bonchev–Trinajstić information content (AvgIpc) is 2.37. The maximum absolute atomic E-state index is 11.9. The molecule has 1 aliphatic rings. The zero-order valence-corrected chi connectivity index (χ0v) is 12.6. The summed E-state index contributed by atoms with van der Waals surface area (Å²) in [5.74, 6) is -0.868. The number of nitriles is 1. The number of hydrogen-bond donors (Lipinski definition) is 0. The number of ether oxygens (including phenoxy) is 2. The summed E-state index contributed by atoms with van der Waals surface area (Å²) < 4.78 is 10.2. The summed E-state index contributed by atoms with van der Waals surface area (Å²) in [4.78, 5) is 23.6. The van der Waals surface area contributed by atoms with Crippen LogP contribution >= 0.6 is 0 Å². The second-order valence-electron chi connectivity index (χ2n) is 6.34. The molecule has 20 heavy (non-hydrogen) atoms. The minimum absolute atomic E-state index is 0.0511. The zero-order chi connectivity index (χ0) is 15.3. The number of hydrogen-bond acceptors (Lipinski definition) is 5. The summed E-state index contributed by atoms with van der Waals surface area (Å²) in [6.07, 6.45) is 1.91. The quantitative estimate of drug-likeness (QED) is 0.587. The van der Waals surface area contributed by atoms with Crippen LogP contribution in [0.2, 0.25) is 0 Å². The minimum Gasteiger partial charge on any atom is -0.425 e. The van der Waals surface area contributed by atoms with Crippen LogP contribution in [0.1, 0.15) is 53.4 Å². The lowest BCUT2D eigenvalue weighted by atomic mass is 9.83. The van der Waals surface area contributed by atoms with E-state index in [9.17, 15) is 9.59 Å². The number of esters is 2. The number of nitrogens with zero attached hydrogens (tertiary/aromatic N) is 1. The molecule has 0 heterocycles. The molecule has 1 aliphatic carbocycles. The Morgan fingerprint density at radius 2 is 1.70 bits per heavy atom. The molecular formula is C15H23NO4. The number of carbonyl (C=O) groups excluding carboxylic acids is 2. The predicted molar refractivity (Wildman–Crippen MR) is 72.2 cm³/mol. The van der Waals surface area contributed by atoms with E-state index in [0.29, 0.717) is 12.8 Å². The van der Waals surface area contributed by atoms with Gasteiger partial charge in [-0.1, -0.05) is 0 Å². The maximum Gasteiger partial charge on any atom is 0.314 e. The lowest BCUT2D eigenvalue weighted by Gasteiger charge is -2.25.